The molecule has 34 heavy (non-hydrogen) atoms. The average Bonchev–Trinajstić information content (AvgIpc) is 3.11. The van der Waals surface area contributed by atoms with Crippen molar-refractivity contribution in [2.75, 3.05) is 39.3 Å². The van der Waals surface area contributed by atoms with Crippen molar-refractivity contribution in [3.05, 3.63) is 29.3 Å². The molecule has 1 N–H and O–H groups in total. The Labute approximate surface area is 199 Å². The first kappa shape index (κ1) is 22.8. The van der Waals surface area contributed by atoms with Crippen LogP contribution in [0.25, 0.3) is 0 Å². The molecule has 9 heteroatoms. The molecule has 4 amide bonds. The monoisotopic (exact) mass is 468 g/mol. The smallest absolute Gasteiger partial charge is 0.255 e. The standard InChI is InChI=1S/C25H32N4O5/c1-16(30)28-8-2-3-17(14-28)19-12-27(13-19)9-10-34-20-4-5-21-18(11-20)15-29(25(21)33)22-6-7-23(31)26-24(22)32/h4-5,11,17,19,22H,2-3,6-10,12-15H2,1H3,(H,26,31,32). The van der Waals surface area contributed by atoms with Crippen LogP contribution in [0.1, 0.15) is 48.5 Å². The molecule has 0 saturated carbocycles. The van der Waals surface area contributed by atoms with E-state index in [1.54, 1.807) is 17.9 Å². The van der Waals surface area contributed by atoms with Crippen LogP contribution in [0.15, 0.2) is 18.2 Å². The van der Waals surface area contributed by atoms with E-state index in [-0.39, 0.29) is 24.1 Å². The van der Waals surface area contributed by atoms with Crippen LogP contribution in [0.4, 0.5) is 0 Å². The van der Waals surface area contributed by atoms with Crippen molar-refractivity contribution in [1.29, 1.82) is 0 Å². The maximum absolute atomic E-state index is 12.8. The number of hydrogen-bond donors (Lipinski definition) is 1. The van der Waals surface area contributed by atoms with Crippen molar-refractivity contribution in [1.82, 2.24) is 20.0 Å². The molecule has 182 valence electrons. The van der Waals surface area contributed by atoms with Crippen LogP contribution < -0.4 is 10.1 Å². The van der Waals surface area contributed by atoms with Crippen molar-refractivity contribution in [3.8, 4) is 5.75 Å². The third-order valence-corrected chi connectivity index (χ3v) is 7.73. The molecule has 4 aliphatic heterocycles. The number of ether oxygens (including phenoxy) is 1. The zero-order valence-electron chi connectivity index (χ0n) is 19.6. The van der Waals surface area contributed by atoms with Gasteiger partial charge in [0.15, 0.2) is 0 Å². The van der Waals surface area contributed by atoms with E-state index in [4.69, 9.17) is 4.74 Å². The zero-order chi connectivity index (χ0) is 23.8. The second-order valence-electron chi connectivity index (χ2n) is 9.95. The molecule has 1 aromatic rings. The number of rotatable bonds is 6. The van der Waals surface area contributed by atoms with E-state index in [1.165, 1.54) is 6.42 Å². The fraction of sp³-hybridized carbons (Fsp3) is 0.600. The minimum absolute atomic E-state index is 0.172. The van der Waals surface area contributed by atoms with Gasteiger partial charge in [-0.05, 0) is 54.9 Å². The molecule has 0 radical (unpaired) electrons. The summed E-state index contributed by atoms with van der Waals surface area (Å²) in [5.41, 5.74) is 1.44. The van der Waals surface area contributed by atoms with Gasteiger partial charge >= 0.3 is 0 Å². The Morgan fingerprint density at radius 1 is 1.12 bits per heavy atom. The molecule has 4 aliphatic rings. The molecule has 0 spiro atoms. The molecule has 0 aliphatic carbocycles. The summed E-state index contributed by atoms with van der Waals surface area (Å²) in [6.45, 7) is 7.33. The van der Waals surface area contributed by atoms with Gasteiger partial charge in [0.2, 0.25) is 17.7 Å². The Kier molecular flexibility index (Phi) is 6.29. The maximum Gasteiger partial charge on any atom is 0.255 e. The van der Waals surface area contributed by atoms with Gasteiger partial charge < -0.3 is 14.5 Å². The lowest BCUT2D eigenvalue weighted by Crippen LogP contribution is -2.54. The average molecular weight is 469 g/mol. The van der Waals surface area contributed by atoms with Gasteiger partial charge in [-0.2, -0.15) is 0 Å². The van der Waals surface area contributed by atoms with Crippen molar-refractivity contribution >= 4 is 23.6 Å². The van der Waals surface area contributed by atoms with Crippen LogP contribution >= 0.6 is 0 Å². The molecule has 0 aromatic heterocycles. The van der Waals surface area contributed by atoms with E-state index in [1.807, 2.05) is 17.0 Å². The van der Waals surface area contributed by atoms with E-state index >= 15 is 0 Å². The van der Waals surface area contributed by atoms with Gasteiger partial charge in [0.05, 0.1) is 0 Å². The first-order valence-electron chi connectivity index (χ1n) is 12.3. The van der Waals surface area contributed by atoms with Gasteiger partial charge in [-0.15, -0.1) is 0 Å². The minimum Gasteiger partial charge on any atom is -0.492 e. The lowest BCUT2D eigenvalue weighted by molar-refractivity contribution is -0.137. The predicted molar refractivity (Wildman–Crippen MR) is 123 cm³/mol. The number of benzene rings is 1. The Bertz CT molecular complexity index is 1010. The van der Waals surface area contributed by atoms with Crippen LogP contribution in [0.3, 0.4) is 0 Å². The fourth-order valence-corrected chi connectivity index (χ4v) is 5.70. The second kappa shape index (κ2) is 9.37. The molecule has 5 rings (SSSR count). The summed E-state index contributed by atoms with van der Waals surface area (Å²) in [5.74, 6) is 1.32. The number of likely N-dealkylation sites (tertiary alicyclic amines) is 2. The van der Waals surface area contributed by atoms with E-state index in [0.717, 1.165) is 50.5 Å². The molecular weight excluding hydrogens is 436 g/mol. The minimum atomic E-state index is -0.604. The van der Waals surface area contributed by atoms with Gasteiger partial charge in [0.25, 0.3) is 5.91 Å². The molecule has 0 bridgehead atoms. The van der Waals surface area contributed by atoms with Crippen LogP contribution in [-0.2, 0) is 20.9 Å². The van der Waals surface area contributed by atoms with Gasteiger partial charge in [0.1, 0.15) is 18.4 Å². The predicted octanol–water partition coefficient (Wildman–Crippen LogP) is 1.02. The van der Waals surface area contributed by atoms with Crippen molar-refractivity contribution < 1.29 is 23.9 Å². The molecule has 9 nitrogen and oxygen atoms in total. The Morgan fingerprint density at radius 3 is 2.71 bits per heavy atom. The summed E-state index contributed by atoms with van der Waals surface area (Å²) in [6.07, 6.45) is 2.92. The fourth-order valence-electron chi connectivity index (χ4n) is 5.70. The number of hydrogen-bond acceptors (Lipinski definition) is 6. The topological polar surface area (TPSA) is 99.3 Å². The van der Waals surface area contributed by atoms with Crippen LogP contribution in [0.5, 0.6) is 5.75 Å². The number of carbonyl (C=O) groups excluding carboxylic acids is 4. The summed E-state index contributed by atoms with van der Waals surface area (Å²) in [6, 6.07) is 4.86. The lowest BCUT2D eigenvalue weighted by Gasteiger charge is -2.46. The van der Waals surface area contributed by atoms with E-state index in [9.17, 15) is 19.2 Å². The SMILES string of the molecule is CC(=O)N1CCCC(C2CN(CCOc3ccc4c(c3)CN(C3CCC(=O)NC3=O)C4=O)C2)C1. The van der Waals surface area contributed by atoms with E-state index in [0.29, 0.717) is 37.0 Å². The Hall–Kier alpha value is -2.94. The highest BCUT2D eigenvalue weighted by Gasteiger charge is 2.39. The third-order valence-electron chi connectivity index (χ3n) is 7.73. The highest BCUT2D eigenvalue weighted by Crippen LogP contribution is 2.32. The van der Waals surface area contributed by atoms with Gasteiger partial charge in [0, 0.05) is 58.2 Å². The quantitative estimate of drug-likeness (QED) is 0.626. The molecule has 2 unspecified atom stereocenters. The normalized spacial score (nSPS) is 25.7. The first-order chi connectivity index (χ1) is 16.4. The molecular formula is C25H32N4O5. The zero-order valence-corrected chi connectivity index (χ0v) is 19.6. The summed E-state index contributed by atoms with van der Waals surface area (Å²) in [5, 5.41) is 2.33. The molecule has 1 aromatic carbocycles. The van der Waals surface area contributed by atoms with Crippen molar-refractivity contribution in [2.24, 2.45) is 11.8 Å². The summed E-state index contributed by atoms with van der Waals surface area (Å²) >= 11 is 0. The van der Waals surface area contributed by atoms with E-state index in [2.05, 4.69) is 10.2 Å². The maximum atomic E-state index is 12.8. The van der Waals surface area contributed by atoms with Gasteiger partial charge in [-0.3, -0.25) is 29.4 Å². The Morgan fingerprint density at radius 2 is 1.94 bits per heavy atom. The van der Waals surface area contributed by atoms with Crippen molar-refractivity contribution in [2.45, 2.75) is 45.2 Å². The van der Waals surface area contributed by atoms with Crippen LogP contribution in [0.2, 0.25) is 0 Å². The molecule has 4 heterocycles. The summed E-state index contributed by atoms with van der Waals surface area (Å²) < 4.78 is 5.97. The van der Waals surface area contributed by atoms with Crippen LogP contribution in [0, 0.1) is 11.8 Å². The highest BCUT2D eigenvalue weighted by molar-refractivity contribution is 6.05. The molecule has 3 saturated heterocycles. The highest BCUT2D eigenvalue weighted by atomic mass is 16.5. The number of imide groups is 1. The largest absolute Gasteiger partial charge is 0.492 e. The third kappa shape index (κ3) is 4.53. The number of nitrogens with one attached hydrogen (secondary N) is 1. The number of fused-ring (bicyclic) bond motifs is 1. The molecule has 3 fully saturated rings. The number of carbonyl (C=O) groups is 4. The first-order valence-corrected chi connectivity index (χ1v) is 12.3. The van der Waals surface area contributed by atoms with Gasteiger partial charge in [-0.25, -0.2) is 0 Å². The summed E-state index contributed by atoms with van der Waals surface area (Å²) in [7, 11) is 0. The lowest BCUT2D eigenvalue weighted by atomic mass is 9.80. The summed E-state index contributed by atoms with van der Waals surface area (Å²) in [4.78, 5) is 54.0. The van der Waals surface area contributed by atoms with E-state index < -0.39 is 11.9 Å². The van der Waals surface area contributed by atoms with Crippen molar-refractivity contribution in [3.63, 3.8) is 0 Å². The number of amides is 4. The molecule has 2 atom stereocenters. The van der Waals surface area contributed by atoms with Crippen LogP contribution in [-0.4, -0.2) is 83.7 Å². The van der Waals surface area contributed by atoms with Gasteiger partial charge in [-0.1, -0.05) is 0 Å². The number of piperidine rings is 2. The second-order valence-corrected chi connectivity index (χ2v) is 9.95. The Balaban J connectivity index is 1.08. The number of nitrogens with zero attached hydrogens (tertiary/aromatic N) is 3.